The molecule has 2 heterocycles. The molecular weight excluding hydrogens is 393 g/mol. The summed E-state index contributed by atoms with van der Waals surface area (Å²) < 4.78 is 43.2. The molecule has 9 heteroatoms. The van der Waals surface area contributed by atoms with Gasteiger partial charge >= 0.3 is 6.18 Å². The average Bonchev–Trinajstić information content (AvgIpc) is 2.66. The van der Waals surface area contributed by atoms with Gasteiger partial charge in [-0.25, -0.2) is 15.0 Å². The van der Waals surface area contributed by atoms with E-state index in [4.69, 9.17) is 16.3 Å². The molecule has 2 aromatic heterocycles. The number of ether oxygens (including phenoxy) is 1. The van der Waals surface area contributed by atoms with E-state index in [0.717, 1.165) is 17.7 Å². The molecule has 0 fully saturated rings. The lowest BCUT2D eigenvalue weighted by Gasteiger charge is -2.10. The molecule has 146 valence electrons. The van der Waals surface area contributed by atoms with Gasteiger partial charge in [0.15, 0.2) is 0 Å². The molecule has 0 aliphatic heterocycles. The number of nitrogens with zero attached hydrogens (tertiary/aromatic N) is 3. The quantitative estimate of drug-likeness (QED) is 0.599. The number of aryl methyl sites for hydroxylation is 1. The SMILES string of the molecule is Cc1ncnc(NCCc2ccc(Oc3ccc(C(F)(F)F)cc3)nc2)c1Cl. The number of nitrogens with one attached hydrogen (secondary N) is 1. The molecule has 1 aromatic carbocycles. The van der Waals surface area contributed by atoms with Gasteiger partial charge in [-0.05, 0) is 43.2 Å². The highest BCUT2D eigenvalue weighted by atomic mass is 35.5. The Kier molecular flexibility index (Phi) is 5.99. The molecule has 0 amide bonds. The molecule has 28 heavy (non-hydrogen) atoms. The smallest absolute Gasteiger partial charge is 0.416 e. The standard InChI is InChI=1S/C19H16ClF3N4O/c1-12-17(20)18(27-11-26-12)24-9-8-13-2-7-16(25-10-13)28-15-5-3-14(4-6-15)19(21,22)23/h2-7,10-11H,8-9H2,1H3,(H,24,26,27). The zero-order valence-electron chi connectivity index (χ0n) is 14.8. The summed E-state index contributed by atoms with van der Waals surface area (Å²) in [6.07, 6.45) is -0.611. The summed E-state index contributed by atoms with van der Waals surface area (Å²) in [4.78, 5) is 12.3. The molecule has 0 bridgehead atoms. The van der Waals surface area contributed by atoms with Gasteiger partial charge in [0, 0.05) is 18.8 Å². The molecule has 0 aliphatic rings. The molecule has 0 atom stereocenters. The predicted octanol–water partition coefficient (Wildman–Crippen LogP) is 5.30. The zero-order chi connectivity index (χ0) is 20.1. The second-order valence-corrected chi connectivity index (χ2v) is 6.31. The van der Waals surface area contributed by atoms with Gasteiger partial charge in [0.1, 0.15) is 22.9 Å². The summed E-state index contributed by atoms with van der Waals surface area (Å²) in [5.41, 5.74) is 0.925. The first kappa shape index (κ1) is 19.9. The van der Waals surface area contributed by atoms with Gasteiger partial charge < -0.3 is 10.1 Å². The summed E-state index contributed by atoms with van der Waals surface area (Å²) >= 11 is 6.13. The van der Waals surface area contributed by atoms with Gasteiger partial charge in [0.25, 0.3) is 0 Å². The first-order chi connectivity index (χ1) is 13.3. The van der Waals surface area contributed by atoms with Gasteiger partial charge in [-0.15, -0.1) is 0 Å². The van der Waals surface area contributed by atoms with Gasteiger partial charge in [-0.1, -0.05) is 17.7 Å². The van der Waals surface area contributed by atoms with Crippen molar-refractivity contribution in [1.29, 1.82) is 0 Å². The highest BCUT2D eigenvalue weighted by Crippen LogP contribution is 2.31. The van der Waals surface area contributed by atoms with Crippen molar-refractivity contribution in [3.8, 4) is 11.6 Å². The van der Waals surface area contributed by atoms with Crippen LogP contribution in [0.25, 0.3) is 0 Å². The molecule has 5 nitrogen and oxygen atoms in total. The van der Waals surface area contributed by atoms with E-state index in [-0.39, 0.29) is 5.75 Å². The third-order valence-corrected chi connectivity index (χ3v) is 4.32. The first-order valence-electron chi connectivity index (χ1n) is 8.34. The first-order valence-corrected chi connectivity index (χ1v) is 8.72. The maximum Gasteiger partial charge on any atom is 0.416 e. The molecule has 0 aliphatic carbocycles. The van der Waals surface area contributed by atoms with Crippen LogP contribution in [-0.2, 0) is 12.6 Å². The van der Waals surface area contributed by atoms with Gasteiger partial charge in [0.2, 0.25) is 5.88 Å². The van der Waals surface area contributed by atoms with Gasteiger partial charge in [-0.2, -0.15) is 13.2 Å². The van der Waals surface area contributed by atoms with Crippen molar-refractivity contribution in [3.05, 3.63) is 70.8 Å². The number of rotatable bonds is 6. The number of alkyl halides is 3. The van der Waals surface area contributed by atoms with Crippen LogP contribution in [0.3, 0.4) is 0 Å². The van der Waals surface area contributed by atoms with Crippen LogP contribution < -0.4 is 10.1 Å². The van der Waals surface area contributed by atoms with Crippen LogP contribution in [0.15, 0.2) is 48.9 Å². The molecular formula is C19H16ClF3N4O. The normalized spacial score (nSPS) is 11.3. The third kappa shape index (κ3) is 5.10. The number of pyridine rings is 1. The summed E-state index contributed by atoms with van der Waals surface area (Å²) in [5.74, 6) is 1.15. The minimum absolute atomic E-state index is 0.281. The molecule has 3 rings (SSSR count). The Labute approximate surface area is 164 Å². The van der Waals surface area contributed by atoms with Crippen molar-refractivity contribution in [2.75, 3.05) is 11.9 Å². The number of aromatic nitrogens is 3. The number of hydrogen-bond acceptors (Lipinski definition) is 5. The Hall–Kier alpha value is -2.87. The van der Waals surface area contributed by atoms with Crippen LogP contribution >= 0.6 is 11.6 Å². The lowest BCUT2D eigenvalue weighted by Crippen LogP contribution is -2.08. The fraction of sp³-hybridized carbons (Fsp3) is 0.211. The van der Waals surface area contributed by atoms with Crippen molar-refractivity contribution < 1.29 is 17.9 Å². The number of halogens is 4. The van der Waals surface area contributed by atoms with Crippen LogP contribution in [0.1, 0.15) is 16.8 Å². The molecule has 3 aromatic rings. The molecule has 0 spiro atoms. The second kappa shape index (κ2) is 8.43. The predicted molar refractivity (Wildman–Crippen MR) is 99.7 cm³/mol. The summed E-state index contributed by atoms with van der Waals surface area (Å²) in [6, 6.07) is 7.95. The van der Waals surface area contributed by atoms with Gasteiger partial charge in [-0.3, -0.25) is 0 Å². The fourth-order valence-corrected chi connectivity index (χ4v) is 2.52. The zero-order valence-corrected chi connectivity index (χ0v) is 15.6. The fourth-order valence-electron chi connectivity index (χ4n) is 2.36. The minimum Gasteiger partial charge on any atom is -0.439 e. The number of hydrogen-bond donors (Lipinski definition) is 1. The van der Waals surface area contributed by atoms with E-state index in [0.29, 0.717) is 35.4 Å². The van der Waals surface area contributed by atoms with E-state index in [1.807, 2.05) is 6.07 Å². The van der Waals surface area contributed by atoms with Crippen molar-refractivity contribution in [1.82, 2.24) is 15.0 Å². The Bertz CT molecular complexity index is 931. The lowest BCUT2D eigenvalue weighted by atomic mass is 10.2. The largest absolute Gasteiger partial charge is 0.439 e. The van der Waals surface area contributed by atoms with Crippen molar-refractivity contribution in [2.24, 2.45) is 0 Å². The molecule has 0 saturated heterocycles. The van der Waals surface area contributed by atoms with E-state index in [9.17, 15) is 13.2 Å². The molecule has 0 radical (unpaired) electrons. The summed E-state index contributed by atoms with van der Waals surface area (Å²) in [7, 11) is 0. The summed E-state index contributed by atoms with van der Waals surface area (Å²) in [6.45, 7) is 2.39. The molecule has 0 saturated carbocycles. The van der Waals surface area contributed by atoms with Gasteiger partial charge in [0.05, 0.1) is 11.3 Å². The number of benzene rings is 1. The Morgan fingerprint density at radius 2 is 1.79 bits per heavy atom. The Morgan fingerprint density at radius 3 is 2.43 bits per heavy atom. The van der Waals surface area contributed by atoms with Crippen LogP contribution in [0.5, 0.6) is 11.6 Å². The topological polar surface area (TPSA) is 59.9 Å². The Morgan fingerprint density at radius 1 is 1.04 bits per heavy atom. The van der Waals surface area contributed by atoms with E-state index < -0.39 is 11.7 Å². The van der Waals surface area contributed by atoms with E-state index in [1.54, 1.807) is 19.2 Å². The van der Waals surface area contributed by atoms with Crippen molar-refractivity contribution >= 4 is 17.4 Å². The van der Waals surface area contributed by atoms with E-state index in [2.05, 4.69) is 20.3 Å². The van der Waals surface area contributed by atoms with Crippen LogP contribution in [0.4, 0.5) is 19.0 Å². The maximum atomic E-state index is 12.6. The second-order valence-electron chi connectivity index (χ2n) is 5.93. The highest BCUT2D eigenvalue weighted by molar-refractivity contribution is 6.33. The minimum atomic E-state index is -4.37. The van der Waals surface area contributed by atoms with Crippen LogP contribution in [0, 0.1) is 6.92 Å². The third-order valence-electron chi connectivity index (χ3n) is 3.87. The number of anilines is 1. The van der Waals surface area contributed by atoms with E-state index in [1.165, 1.54) is 18.5 Å². The summed E-state index contributed by atoms with van der Waals surface area (Å²) in [5, 5.41) is 3.63. The monoisotopic (exact) mass is 408 g/mol. The van der Waals surface area contributed by atoms with E-state index >= 15 is 0 Å². The lowest BCUT2D eigenvalue weighted by molar-refractivity contribution is -0.137. The van der Waals surface area contributed by atoms with Crippen LogP contribution in [0.2, 0.25) is 5.02 Å². The van der Waals surface area contributed by atoms with Crippen molar-refractivity contribution in [2.45, 2.75) is 19.5 Å². The highest BCUT2D eigenvalue weighted by Gasteiger charge is 2.30. The average molecular weight is 409 g/mol. The maximum absolute atomic E-state index is 12.6. The van der Waals surface area contributed by atoms with Crippen LogP contribution in [-0.4, -0.2) is 21.5 Å². The molecule has 0 unspecified atom stereocenters. The van der Waals surface area contributed by atoms with Crippen molar-refractivity contribution in [3.63, 3.8) is 0 Å². The molecule has 1 N–H and O–H groups in total. The Balaban J connectivity index is 1.54.